The maximum atomic E-state index is 12.5. The number of methoxy groups -OCH3 is 1. The number of carbonyl (C=O) groups excluding carboxylic acids is 1. The molecule has 2 aliphatic carbocycles. The zero-order valence-electron chi connectivity index (χ0n) is 20.7. The number of ether oxygens (including phenoxy) is 2. The van der Waals surface area contributed by atoms with Crippen LogP contribution in [0.25, 0.3) is 10.9 Å². The fourth-order valence-electron chi connectivity index (χ4n) is 4.99. The summed E-state index contributed by atoms with van der Waals surface area (Å²) in [7, 11) is 1.72. The number of aromatic nitrogens is 4. The summed E-state index contributed by atoms with van der Waals surface area (Å²) in [6, 6.07) is 7.58. The Kier molecular flexibility index (Phi) is 6.20. The first kappa shape index (κ1) is 23.1. The Morgan fingerprint density at radius 3 is 2.76 bits per heavy atom. The lowest BCUT2D eigenvalue weighted by Gasteiger charge is -2.34. The minimum atomic E-state index is -0.534. The lowest BCUT2D eigenvalue weighted by molar-refractivity contribution is 0.0513. The van der Waals surface area contributed by atoms with Gasteiger partial charge < -0.3 is 9.47 Å². The fraction of sp³-hybridized carbons (Fsp3) is 0.577. The highest BCUT2D eigenvalue weighted by molar-refractivity contribution is 5.82. The molecule has 5 rings (SSSR count). The maximum Gasteiger partial charge on any atom is 0.435 e. The molecule has 1 aromatic carbocycles. The van der Waals surface area contributed by atoms with Gasteiger partial charge in [0.2, 0.25) is 0 Å². The Hall–Kier alpha value is -2.71. The summed E-state index contributed by atoms with van der Waals surface area (Å²) in [5.41, 5.74) is 4.14. The number of hydrogen-bond donors (Lipinski definition) is 0. The van der Waals surface area contributed by atoms with Crippen molar-refractivity contribution in [1.29, 1.82) is 0 Å². The van der Waals surface area contributed by atoms with E-state index >= 15 is 0 Å². The smallest absolute Gasteiger partial charge is 0.435 e. The summed E-state index contributed by atoms with van der Waals surface area (Å²) < 4.78 is 14.2. The second kappa shape index (κ2) is 9.15. The monoisotopic (exact) mass is 465 g/mol. The predicted octanol–water partition coefficient (Wildman–Crippen LogP) is 4.18. The van der Waals surface area contributed by atoms with E-state index in [-0.39, 0.29) is 0 Å². The number of hydrogen-bond acceptors (Lipinski definition) is 6. The first-order valence-electron chi connectivity index (χ1n) is 12.3. The van der Waals surface area contributed by atoms with Crippen molar-refractivity contribution in [3.8, 4) is 0 Å². The Balaban J connectivity index is 1.34. The van der Waals surface area contributed by atoms with Gasteiger partial charge in [0.15, 0.2) is 0 Å². The van der Waals surface area contributed by atoms with Crippen molar-refractivity contribution in [3.63, 3.8) is 0 Å². The van der Waals surface area contributed by atoms with Crippen molar-refractivity contribution in [2.24, 2.45) is 0 Å². The third kappa shape index (κ3) is 4.88. The SMILES string of the molecule is COCCn1ncc2c(CN(C3CC3)C3CCc4nn(C(=O)OC(C)(C)C)cc4C3)cccc21. The van der Waals surface area contributed by atoms with Crippen LogP contribution in [0.2, 0.25) is 0 Å². The minimum absolute atomic E-state index is 0.408. The van der Waals surface area contributed by atoms with E-state index in [1.165, 1.54) is 34.0 Å². The number of nitrogens with zero attached hydrogens (tertiary/aromatic N) is 5. The van der Waals surface area contributed by atoms with Gasteiger partial charge >= 0.3 is 6.09 Å². The van der Waals surface area contributed by atoms with Crippen LogP contribution >= 0.6 is 0 Å². The van der Waals surface area contributed by atoms with Gasteiger partial charge in [-0.2, -0.15) is 14.9 Å². The van der Waals surface area contributed by atoms with Crippen LogP contribution in [0.4, 0.5) is 4.79 Å². The van der Waals surface area contributed by atoms with Crippen molar-refractivity contribution in [3.05, 3.63) is 47.4 Å². The first-order valence-corrected chi connectivity index (χ1v) is 12.3. The molecule has 1 unspecified atom stereocenters. The molecule has 1 atom stereocenters. The van der Waals surface area contributed by atoms with E-state index in [4.69, 9.17) is 9.47 Å². The van der Waals surface area contributed by atoms with Gasteiger partial charge in [0, 0.05) is 37.3 Å². The molecular weight excluding hydrogens is 430 g/mol. The molecule has 0 saturated heterocycles. The molecular formula is C26H35N5O3. The van der Waals surface area contributed by atoms with E-state index in [1.807, 2.05) is 37.8 Å². The molecule has 0 spiro atoms. The van der Waals surface area contributed by atoms with Crippen molar-refractivity contribution in [1.82, 2.24) is 24.5 Å². The molecule has 1 saturated carbocycles. The average molecular weight is 466 g/mol. The molecule has 0 radical (unpaired) electrons. The zero-order chi connectivity index (χ0) is 23.9. The number of benzene rings is 1. The van der Waals surface area contributed by atoms with E-state index < -0.39 is 11.7 Å². The van der Waals surface area contributed by atoms with Crippen LogP contribution in [0.15, 0.2) is 30.6 Å². The lowest BCUT2D eigenvalue weighted by Crippen LogP contribution is -2.40. The predicted molar refractivity (Wildman–Crippen MR) is 130 cm³/mol. The van der Waals surface area contributed by atoms with Crippen molar-refractivity contribution in [2.45, 2.75) is 83.6 Å². The van der Waals surface area contributed by atoms with Crippen molar-refractivity contribution in [2.75, 3.05) is 13.7 Å². The van der Waals surface area contributed by atoms with Gasteiger partial charge in [-0.05, 0) is 70.1 Å². The topological polar surface area (TPSA) is 74.4 Å². The van der Waals surface area contributed by atoms with Gasteiger partial charge in [-0.25, -0.2) is 4.79 Å². The van der Waals surface area contributed by atoms with Crippen LogP contribution < -0.4 is 0 Å². The molecule has 2 heterocycles. The summed E-state index contributed by atoms with van der Waals surface area (Å²) in [5, 5.41) is 10.4. The highest BCUT2D eigenvalue weighted by Gasteiger charge is 2.36. The van der Waals surface area contributed by atoms with Gasteiger partial charge in [-0.1, -0.05) is 12.1 Å². The molecule has 8 nitrogen and oxygen atoms in total. The van der Waals surface area contributed by atoms with E-state index in [2.05, 4.69) is 33.3 Å². The van der Waals surface area contributed by atoms with Crippen LogP contribution in [0.3, 0.4) is 0 Å². The standard InChI is InChI=1S/C26H35N5O3/c1-26(2,3)34-25(32)31-17-19-14-21(10-11-23(19)28-31)29(20-8-9-20)16-18-6-5-7-24-22(18)15-27-30(24)12-13-33-4/h5-7,15,17,20-21H,8-14,16H2,1-4H3. The van der Waals surface area contributed by atoms with Crippen LogP contribution in [0.5, 0.6) is 0 Å². The lowest BCUT2D eigenvalue weighted by atomic mass is 9.91. The molecule has 8 heteroatoms. The second-order valence-corrected chi connectivity index (χ2v) is 10.5. The molecule has 0 bridgehead atoms. The number of rotatable bonds is 7. The second-order valence-electron chi connectivity index (χ2n) is 10.5. The van der Waals surface area contributed by atoms with Gasteiger partial charge in [-0.3, -0.25) is 9.58 Å². The summed E-state index contributed by atoms with van der Waals surface area (Å²) in [6.07, 6.45) is 8.83. The maximum absolute atomic E-state index is 12.5. The van der Waals surface area contributed by atoms with E-state index in [0.29, 0.717) is 18.7 Å². The summed E-state index contributed by atoms with van der Waals surface area (Å²) in [6.45, 7) is 7.94. The average Bonchev–Trinajstić information content (AvgIpc) is 3.40. The fourth-order valence-corrected chi connectivity index (χ4v) is 4.99. The molecule has 2 aromatic heterocycles. The van der Waals surface area contributed by atoms with Gasteiger partial charge in [-0.15, -0.1) is 0 Å². The van der Waals surface area contributed by atoms with Gasteiger partial charge in [0.1, 0.15) is 5.60 Å². The molecule has 0 N–H and O–H groups in total. The van der Waals surface area contributed by atoms with Crippen molar-refractivity contribution < 1.29 is 14.3 Å². The van der Waals surface area contributed by atoms with Crippen molar-refractivity contribution >= 4 is 17.0 Å². The van der Waals surface area contributed by atoms with Crippen LogP contribution in [0, 0.1) is 0 Å². The highest BCUT2D eigenvalue weighted by atomic mass is 16.6. The molecule has 182 valence electrons. The van der Waals surface area contributed by atoms with E-state index in [0.717, 1.165) is 43.6 Å². The summed E-state index contributed by atoms with van der Waals surface area (Å²) >= 11 is 0. The Bertz CT molecular complexity index is 1170. The van der Waals surface area contributed by atoms with Gasteiger partial charge in [0.25, 0.3) is 0 Å². The largest absolute Gasteiger partial charge is 0.442 e. The molecule has 3 aromatic rings. The Morgan fingerprint density at radius 2 is 2.03 bits per heavy atom. The Morgan fingerprint density at radius 1 is 1.21 bits per heavy atom. The van der Waals surface area contributed by atoms with E-state index in [9.17, 15) is 4.79 Å². The molecule has 34 heavy (non-hydrogen) atoms. The number of fused-ring (bicyclic) bond motifs is 2. The third-order valence-corrected chi connectivity index (χ3v) is 6.75. The first-order chi connectivity index (χ1) is 16.3. The summed E-state index contributed by atoms with van der Waals surface area (Å²) in [5.74, 6) is 0. The normalized spacial score (nSPS) is 18.4. The number of carbonyl (C=O) groups is 1. The molecule has 0 aliphatic heterocycles. The van der Waals surface area contributed by atoms with Gasteiger partial charge in [0.05, 0.1) is 30.6 Å². The van der Waals surface area contributed by atoms with Crippen LogP contribution in [-0.2, 0) is 35.4 Å². The number of aryl methyl sites for hydroxylation is 1. The quantitative estimate of drug-likeness (QED) is 0.521. The minimum Gasteiger partial charge on any atom is -0.442 e. The molecule has 1 fully saturated rings. The zero-order valence-corrected chi connectivity index (χ0v) is 20.7. The highest BCUT2D eigenvalue weighted by Crippen LogP contribution is 2.35. The van der Waals surface area contributed by atoms with Crippen LogP contribution in [0.1, 0.15) is 56.9 Å². The van der Waals surface area contributed by atoms with Crippen LogP contribution in [-0.4, -0.2) is 62.0 Å². The van der Waals surface area contributed by atoms with E-state index in [1.54, 1.807) is 7.11 Å². The third-order valence-electron chi connectivity index (χ3n) is 6.75. The molecule has 2 aliphatic rings. The Labute approximate surface area is 200 Å². The molecule has 0 amide bonds. The summed E-state index contributed by atoms with van der Waals surface area (Å²) in [4.78, 5) is 15.2.